The number of nitrogens with one attached hydrogen (secondary N) is 1. The summed E-state index contributed by atoms with van der Waals surface area (Å²) in [5, 5.41) is 3.57. The molecule has 0 fully saturated rings. The minimum absolute atomic E-state index is 0.659. The van der Waals surface area contributed by atoms with Crippen LogP contribution in [0.1, 0.15) is 47.5 Å². The molecular weight excluding hydrogens is 184 g/mol. The Bertz CT molecular complexity index is 139. The molecule has 0 aliphatic carbocycles. The highest BCUT2D eigenvalue weighted by Gasteiger charge is 2.16. The lowest BCUT2D eigenvalue weighted by Gasteiger charge is -2.31. The van der Waals surface area contributed by atoms with Gasteiger partial charge in [-0.1, -0.05) is 34.1 Å². The Morgan fingerprint density at radius 2 is 1.73 bits per heavy atom. The first kappa shape index (κ1) is 14.9. The number of hydrogen-bond acceptors (Lipinski definition) is 2. The van der Waals surface area contributed by atoms with Crippen molar-refractivity contribution in [3.8, 4) is 0 Å². The van der Waals surface area contributed by atoms with E-state index in [2.05, 4.69) is 51.9 Å². The molecule has 0 amide bonds. The van der Waals surface area contributed by atoms with Crippen LogP contribution in [0.4, 0.5) is 0 Å². The lowest BCUT2D eigenvalue weighted by molar-refractivity contribution is 0.185. The first-order valence-corrected chi connectivity index (χ1v) is 6.46. The molecule has 15 heavy (non-hydrogen) atoms. The van der Waals surface area contributed by atoms with E-state index in [1.165, 1.54) is 19.4 Å². The highest BCUT2D eigenvalue weighted by atomic mass is 15.1. The third-order valence-electron chi connectivity index (χ3n) is 3.30. The van der Waals surface area contributed by atoms with Gasteiger partial charge in [-0.3, -0.25) is 0 Å². The molecule has 0 radical (unpaired) electrons. The summed E-state index contributed by atoms with van der Waals surface area (Å²) in [7, 11) is 2.24. The predicted octanol–water partition coefficient (Wildman–Crippen LogP) is 2.74. The van der Waals surface area contributed by atoms with Crippen molar-refractivity contribution in [2.45, 2.75) is 59.5 Å². The van der Waals surface area contributed by atoms with Crippen LogP contribution in [0.15, 0.2) is 0 Å². The Labute approximate surface area is 96.4 Å². The van der Waals surface area contributed by atoms with Gasteiger partial charge in [0, 0.05) is 18.6 Å². The van der Waals surface area contributed by atoms with Gasteiger partial charge >= 0.3 is 0 Å². The van der Waals surface area contributed by atoms with Crippen molar-refractivity contribution >= 4 is 0 Å². The van der Waals surface area contributed by atoms with Gasteiger partial charge in [0.1, 0.15) is 0 Å². The maximum absolute atomic E-state index is 3.57. The van der Waals surface area contributed by atoms with E-state index in [1.807, 2.05) is 0 Å². The van der Waals surface area contributed by atoms with Gasteiger partial charge < -0.3 is 10.2 Å². The average molecular weight is 214 g/mol. The predicted molar refractivity (Wildman–Crippen MR) is 69.3 cm³/mol. The van der Waals surface area contributed by atoms with Crippen LogP contribution in [0.25, 0.3) is 0 Å². The molecule has 1 N–H and O–H groups in total. The second-order valence-electron chi connectivity index (χ2n) is 4.97. The summed E-state index contributed by atoms with van der Waals surface area (Å²) < 4.78 is 0. The van der Waals surface area contributed by atoms with E-state index in [-0.39, 0.29) is 0 Å². The maximum Gasteiger partial charge on any atom is 0.0194 e. The third kappa shape index (κ3) is 6.16. The van der Waals surface area contributed by atoms with Gasteiger partial charge in [0.2, 0.25) is 0 Å². The Morgan fingerprint density at radius 3 is 2.13 bits per heavy atom. The summed E-state index contributed by atoms with van der Waals surface area (Å²) in [5.74, 6) is 0.735. The quantitative estimate of drug-likeness (QED) is 0.668. The van der Waals surface area contributed by atoms with Gasteiger partial charge in [0.15, 0.2) is 0 Å². The van der Waals surface area contributed by atoms with Crippen molar-refractivity contribution in [1.82, 2.24) is 10.2 Å². The van der Waals surface area contributed by atoms with Crippen LogP contribution in [0, 0.1) is 5.92 Å². The molecule has 0 saturated heterocycles. The van der Waals surface area contributed by atoms with Crippen molar-refractivity contribution in [3.05, 3.63) is 0 Å². The fraction of sp³-hybridized carbons (Fsp3) is 1.00. The van der Waals surface area contributed by atoms with Crippen molar-refractivity contribution in [2.24, 2.45) is 5.92 Å². The van der Waals surface area contributed by atoms with Gasteiger partial charge in [-0.05, 0) is 32.9 Å². The molecule has 2 atom stereocenters. The highest BCUT2D eigenvalue weighted by molar-refractivity contribution is 4.74. The lowest BCUT2D eigenvalue weighted by atomic mass is 10.0. The Balaban J connectivity index is 4.02. The van der Waals surface area contributed by atoms with Gasteiger partial charge in [0.05, 0.1) is 0 Å². The van der Waals surface area contributed by atoms with Crippen LogP contribution in [-0.4, -0.2) is 37.1 Å². The molecule has 0 heterocycles. The van der Waals surface area contributed by atoms with E-state index >= 15 is 0 Å². The van der Waals surface area contributed by atoms with Crippen LogP contribution >= 0.6 is 0 Å². The molecule has 2 unspecified atom stereocenters. The molecule has 0 spiro atoms. The van der Waals surface area contributed by atoms with E-state index < -0.39 is 0 Å². The Morgan fingerprint density at radius 1 is 1.13 bits per heavy atom. The average Bonchev–Trinajstić information content (AvgIpc) is 2.17. The van der Waals surface area contributed by atoms with Crippen LogP contribution < -0.4 is 5.32 Å². The topological polar surface area (TPSA) is 15.3 Å². The number of likely N-dealkylation sites (N-methyl/N-ethyl adjacent to an activating group) is 2. The van der Waals surface area contributed by atoms with Gasteiger partial charge in [-0.25, -0.2) is 0 Å². The number of rotatable bonds is 8. The summed E-state index contributed by atoms with van der Waals surface area (Å²) in [6, 6.07) is 1.33. The van der Waals surface area contributed by atoms with Crippen molar-refractivity contribution in [1.29, 1.82) is 0 Å². The molecular formula is C13H30N2. The smallest absolute Gasteiger partial charge is 0.0194 e. The summed E-state index contributed by atoms with van der Waals surface area (Å²) in [4.78, 5) is 2.48. The fourth-order valence-corrected chi connectivity index (χ4v) is 1.92. The molecule has 0 bridgehead atoms. The van der Waals surface area contributed by atoms with Gasteiger partial charge in [0.25, 0.3) is 0 Å². The number of hydrogen-bond donors (Lipinski definition) is 1. The highest BCUT2D eigenvalue weighted by Crippen LogP contribution is 2.09. The summed E-state index contributed by atoms with van der Waals surface area (Å²) in [5.41, 5.74) is 0. The zero-order valence-electron chi connectivity index (χ0n) is 11.5. The Kier molecular flexibility index (Phi) is 8.07. The van der Waals surface area contributed by atoms with Crippen molar-refractivity contribution in [3.63, 3.8) is 0 Å². The third-order valence-corrected chi connectivity index (χ3v) is 3.30. The second-order valence-corrected chi connectivity index (χ2v) is 4.97. The standard InChI is InChI=1S/C13H30N2/c1-7-9-13(14-8-2)10-15(6)12(5)11(3)4/h11-14H,7-10H2,1-6H3. The van der Waals surface area contributed by atoms with Crippen molar-refractivity contribution in [2.75, 3.05) is 20.1 Å². The van der Waals surface area contributed by atoms with Gasteiger partial charge in [-0.2, -0.15) is 0 Å². The second kappa shape index (κ2) is 8.12. The molecule has 0 rings (SSSR count). The molecule has 2 heteroatoms. The molecule has 92 valence electrons. The molecule has 0 aromatic rings. The minimum atomic E-state index is 0.659. The van der Waals surface area contributed by atoms with E-state index in [0.717, 1.165) is 12.5 Å². The van der Waals surface area contributed by atoms with Gasteiger partial charge in [-0.15, -0.1) is 0 Å². The molecule has 0 aliphatic rings. The monoisotopic (exact) mass is 214 g/mol. The van der Waals surface area contributed by atoms with Crippen molar-refractivity contribution < 1.29 is 0 Å². The summed E-state index contributed by atoms with van der Waals surface area (Å²) in [6.45, 7) is 13.6. The first-order valence-electron chi connectivity index (χ1n) is 6.46. The largest absolute Gasteiger partial charge is 0.313 e. The summed E-state index contributed by atoms with van der Waals surface area (Å²) >= 11 is 0. The zero-order valence-corrected chi connectivity index (χ0v) is 11.5. The van der Waals surface area contributed by atoms with Crippen LogP contribution in [0.2, 0.25) is 0 Å². The van der Waals surface area contributed by atoms with Crippen LogP contribution in [0.3, 0.4) is 0 Å². The molecule has 0 aromatic heterocycles. The molecule has 0 aromatic carbocycles. The van der Waals surface area contributed by atoms with Crippen LogP contribution in [0.5, 0.6) is 0 Å². The SMILES string of the molecule is CCCC(CN(C)C(C)C(C)C)NCC. The molecule has 0 aliphatic heterocycles. The minimum Gasteiger partial charge on any atom is -0.313 e. The normalized spacial score (nSPS) is 16.0. The summed E-state index contributed by atoms with van der Waals surface area (Å²) in [6.07, 6.45) is 2.55. The van der Waals surface area contributed by atoms with E-state index in [1.54, 1.807) is 0 Å². The Hall–Kier alpha value is -0.0800. The lowest BCUT2D eigenvalue weighted by Crippen LogP contribution is -2.44. The zero-order chi connectivity index (χ0) is 11.8. The maximum atomic E-state index is 3.57. The van der Waals surface area contributed by atoms with E-state index in [0.29, 0.717) is 12.1 Å². The fourth-order valence-electron chi connectivity index (χ4n) is 1.92. The number of nitrogens with zero attached hydrogens (tertiary/aromatic N) is 1. The van der Waals surface area contributed by atoms with E-state index in [9.17, 15) is 0 Å². The van der Waals surface area contributed by atoms with Crippen LogP contribution in [-0.2, 0) is 0 Å². The first-order chi connectivity index (χ1) is 7.02. The van der Waals surface area contributed by atoms with E-state index in [4.69, 9.17) is 0 Å². The molecule has 2 nitrogen and oxygen atoms in total. The molecule has 0 saturated carbocycles.